The van der Waals surface area contributed by atoms with Crippen molar-refractivity contribution in [2.24, 2.45) is 4.99 Å². The molecule has 0 saturated carbocycles. The number of hydrogen-bond acceptors (Lipinski definition) is 7. The van der Waals surface area contributed by atoms with E-state index in [0.29, 0.717) is 17.5 Å². The highest BCUT2D eigenvalue weighted by Crippen LogP contribution is 2.22. The second kappa shape index (κ2) is 8.93. The summed E-state index contributed by atoms with van der Waals surface area (Å²) in [6.45, 7) is 4.68. The largest absolute Gasteiger partial charge is 0.418 e. The number of ether oxygens (including phenoxy) is 3. The minimum absolute atomic E-state index is 0. The van der Waals surface area contributed by atoms with E-state index in [4.69, 9.17) is 9.47 Å². The molecule has 1 heterocycles. The average molecular weight is 337 g/mol. The maximum Gasteiger partial charge on any atom is 0.367 e. The number of rotatable bonds is 2. The number of aryl methyl sites for hydroxylation is 1. The van der Waals surface area contributed by atoms with E-state index in [9.17, 15) is 14.4 Å². The van der Waals surface area contributed by atoms with Crippen LogP contribution in [-0.4, -0.2) is 43.9 Å². The number of aliphatic imine (C=N–C) groups is 1. The number of aldehydes is 1. The Kier molecular flexibility index (Phi) is 7.98. The number of carbonyl (C=O) groups excluding carboxylic acids is 3. The molecule has 7 nitrogen and oxygen atoms in total. The van der Waals surface area contributed by atoms with Crippen molar-refractivity contribution < 1.29 is 28.6 Å². The Bertz CT molecular complexity index is 626. The minimum atomic E-state index is -1.30. The maximum absolute atomic E-state index is 11.7. The summed E-state index contributed by atoms with van der Waals surface area (Å²) < 4.78 is 14.1. The first kappa shape index (κ1) is 21.5. The Labute approximate surface area is 141 Å². The van der Waals surface area contributed by atoms with Crippen LogP contribution in [0.4, 0.5) is 5.69 Å². The van der Waals surface area contributed by atoms with Gasteiger partial charge in [-0.25, -0.2) is 14.6 Å². The first-order valence-electron chi connectivity index (χ1n) is 6.75. The van der Waals surface area contributed by atoms with E-state index in [1.807, 2.05) is 0 Å². The SMILES string of the molecule is C.COC.Cc1ccc(N=C2C(=O)OC(C)(C)OC2=O)cc1C=O. The second-order valence-electron chi connectivity index (χ2n) is 5.21. The van der Waals surface area contributed by atoms with Gasteiger partial charge in [-0.3, -0.25) is 4.79 Å². The van der Waals surface area contributed by atoms with Crippen molar-refractivity contribution in [3.05, 3.63) is 29.3 Å². The maximum atomic E-state index is 11.7. The monoisotopic (exact) mass is 337 g/mol. The normalized spacial score (nSPS) is 15.1. The van der Waals surface area contributed by atoms with Crippen molar-refractivity contribution >= 4 is 29.6 Å². The Hall–Kier alpha value is -2.54. The molecule has 7 heteroatoms. The van der Waals surface area contributed by atoms with Gasteiger partial charge in [0.05, 0.1) is 5.69 Å². The lowest BCUT2D eigenvalue weighted by Crippen LogP contribution is -2.46. The van der Waals surface area contributed by atoms with Gasteiger partial charge in [0.2, 0.25) is 5.71 Å². The first-order chi connectivity index (χ1) is 10.7. The molecule has 0 amide bonds. The number of esters is 2. The number of carbonyl (C=O) groups is 3. The zero-order valence-electron chi connectivity index (χ0n) is 13.7. The third-order valence-electron chi connectivity index (χ3n) is 2.69. The molecule has 0 aromatic heterocycles. The van der Waals surface area contributed by atoms with Gasteiger partial charge in [0.1, 0.15) is 6.29 Å². The van der Waals surface area contributed by atoms with E-state index >= 15 is 0 Å². The fourth-order valence-corrected chi connectivity index (χ4v) is 1.69. The molecule has 0 spiro atoms. The van der Waals surface area contributed by atoms with Gasteiger partial charge in [-0.05, 0) is 24.6 Å². The van der Waals surface area contributed by atoms with Crippen molar-refractivity contribution in [3.63, 3.8) is 0 Å². The molecule has 1 saturated heterocycles. The zero-order chi connectivity index (χ0) is 17.6. The molecule has 0 atom stereocenters. The van der Waals surface area contributed by atoms with Crippen molar-refractivity contribution in [1.29, 1.82) is 0 Å². The third kappa shape index (κ3) is 5.58. The highest BCUT2D eigenvalue weighted by molar-refractivity contribution is 6.63. The summed E-state index contributed by atoms with van der Waals surface area (Å²) in [6.07, 6.45) is 0.680. The number of methoxy groups -OCH3 is 1. The Balaban J connectivity index is 0.00000123. The fraction of sp³-hybridized carbons (Fsp3) is 0.412. The van der Waals surface area contributed by atoms with Gasteiger partial charge in [-0.15, -0.1) is 0 Å². The third-order valence-corrected chi connectivity index (χ3v) is 2.69. The molecule has 0 aliphatic carbocycles. The van der Waals surface area contributed by atoms with Crippen LogP contribution in [0.3, 0.4) is 0 Å². The molecule has 1 aliphatic heterocycles. The van der Waals surface area contributed by atoms with Crippen molar-refractivity contribution in [2.75, 3.05) is 14.2 Å². The van der Waals surface area contributed by atoms with Crippen LogP contribution >= 0.6 is 0 Å². The summed E-state index contributed by atoms with van der Waals surface area (Å²) >= 11 is 0. The van der Waals surface area contributed by atoms with E-state index in [1.54, 1.807) is 33.3 Å². The van der Waals surface area contributed by atoms with E-state index in [2.05, 4.69) is 9.73 Å². The molecule has 0 unspecified atom stereocenters. The lowest BCUT2D eigenvalue weighted by Gasteiger charge is -2.29. The molecule has 1 aromatic rings. The number of cyclic esters (lactones) is 2. The quantitative estimate of drug-likeness (QED) is 0.608. The van der Waals surface area contributed by atoms with Crippen molar-refractivity contribution in [3.8, 4) is 0 Å². The predicted octanol–water partition coefficient (Wildman–Crippen LogP) is 2.61. The summed E-state index contributed by atoms with van der Waals surface area (Å²) in [5.74, 6) is -2.99. The van der Waals surface area contributed by atoms with Crippen LogP contribution in [0.25, 0.3) is 0 Å². The highest BCUT2D eigenvalue weighted by Gasteiger charge is 2.40. The number of nitrogens with zero attached hydrogens (tertiary/aromatic N) is 1. The molecule has 0 radical (unpaired) electrons. The number of hydrogen-bond donors (Lipinski definition) is 0. The fourth-order valence-electron chi connectivity index (χ4n) is 1.69. The van der Waals surface area contributed by atoms with E-state index in [0.717, 1.165) is 5.56 Å². The lowest BCUT2D eigenvalue weighted by molar-refractivity contribution is -0.214. The predicted molar refractivity (Wildman–Crippen MR) is 89.6 cm³/mol. The summed E-state index contributed by atoms with van der Waals surface area (Å²) in [5, 5.41) is 0. The standard InChI is InChI=1S/C14H13NO5.C2H6O.CH4/c1-8-4-5-10(6-9(8)7-16)15-11-12(17)19-14(2,3)20-13(11)18;1-3-2;/h4-7H,1-3H3;1-2H3;1H4. The summed E-state index contributed by atoms with van der Waals surface area (Å²) in [7, 11) is 3.25. The van der Waals surface area contributed by atoms with Crippen LogP contribution in [0.2, 0.25) is 0 Å². The Morgan fingerprint density at radius 1 is 1.12 bits per heavy atom. The molecular weight excluding hydrogens is 314 g/mol. The van der Waals surface area contributed by atoms with Crippen LogP contribution in [0.15, 0.2) is 23.2 Å². The Morgan fingerprint density at radius 3 is 2.08 bits per heavy atom. The first-order valence-corrected chi connectivity index (χ1v) is 6.75. The van der Waals surface area contributed by atoms with Gasteiger partial charge in [0, 0.05) is 33.6 Å². The van der Waals surface area contributed by atoms with Gasteiger partial charge in [-0.1, -0.05) is 13.5 Å². The molecule has 132 valence electrons. The molecule has 0 N–H and O–H groups in total. The van der Waals surface area contributed by atoms with Gasteiger partial charge in [-0.2, -0.15) is 0 Å². The minimum Gasteiger partial charge on any atom is -0.418 e. The van der Waals surface area contributed by atoms with Gasteiger partial charge in [0.15, 0.2) is 0 Å². The topological polar surface area (TPSA) is 91.3 Å². The average Bonchev–Trinajstić information content (AvgIpc) is 2.44. The molecule has 1 aromatic carbocycles. The smallest absolute Gasteiger partial charge is 0.367 e. The van der Waals surface area contributed by atoms with Crippen molar-refractivity contribution in [2.45, 2.75) is 34.0 Å². The highest BCUT2D eigenvalue weighted by atomic mass is 16.7. The molecule has 0 bridgehead atoms. The molecule has 2 rings (SSSR count). The van der Waals surface area contributed by atoms with Crippen LogP contribution in [0.5, 0.6) is 0 Å². The molecule has 1 fully saturated rings. The summed E-state index contributed by atoms with van der Waals surface area (Å²) in [4.78, 5) is 38.2. The summed E-state index contributed by atoms with van der Waals surface area (Å²) in [6, 6.07) is 4.75. The van der Waals surface area contributed by atoms with E-state index < -0.39 is 23.4 Å². The molecule has 1 aliphatic rings. The van der Waals surface area contributed by atoms with Crippen LogP contribution in [0, 0.1) is 6.92 Å². The van der Waals surface area contributed by atoms with Gasteiger partial charge < -0.3 is 14.2 Å². The molecule has 24 heavy (non-hydrogen) atoms. The second-order valence-corrected chi connectivity index (χ2v) is 5.21. The molecular formula is C17H23NO6. The van der Waals surface area contributed by atoms with Crippen LogP contribution in [-0.2, 0) is 23.8 Å². The van der Waals surface area contributed by atoms with Gasteiger partial charge in [0.25, 0.3) is 5.79 Å². The summed E-state index contributed by atoms with van der Waals surface area (Å²) in [5.41, 5.74) is 1.08. The van der Waals surface area contributed by atoms with Gasteiger partial charge >= 0.3 is 11.9 Å². The zero-order valence-corrected chi connectivity index (χ0v) is 13.7. The van der Waals surface area contributed by atoms with E-state index in [-0.39, 0.29) is 7.43 Å². The van der Waals surface area contributed by atoms with Crippen molar-refractivity contribution in [1.82, 2.24) is 0 Å². The van der Waals surface area contributed by atoms with E-state index in [1.165, 1.54) is 19.9 Å². The van der Waals surface area contributed by atoms with Crippen LogP contribution < -0.4 is 0 Å². The Morgan fingerprint density at radius 2 is 1.62 bits per heavy atom. The van der Waals surface area contributed by atoms with Crippen LogP contribution in [0.1, 0.15) is 37.2 Å². The lowest BCUT2D eigenvalue weighted by atomic mass is 10.1. The number of benzene rings is 1.